The molecule has 0 unspecified atom stereocenters. The molecule has 2 rings (SSSR count). The molecule has 1 aromatic rings. The summed E-state index contributed by atoms with van der Waals surface area (Å²) in [6.07, 6.45) is 2.94. The van der Waals surface area contributed by atoms with Crippen LogP contribution in [0.25, 0.3) is 0 Å². The van der Waals surface area contributed by atoms with Crippen molar-refractivity contribution in [1.82, 2.24) is 0 Å². The number of nitrogens with one attached hydrogen (secondary N) is 1. The second-order valence-electron chi connectivity index (χ2n) is 6.10. The molecule has 0 atom stereocenters. The molecule has 0 spiro atoms. The Bertz CT molecular complexity index is 669. The van der Waals surface area contributed by atoms with Crippen LogP contribution in [0.5, 0.6) is 0 Å². The van der Waals surface area contributed by atoms with Crippen LogP contribution in [0, 0.1) is 11.7 Å². The van der Waals surface area contributed by atoms with Crippen LogP contribution in [0.3, 0.4) is 0 Å². The fraction of sp³-hybridized carbons (Fsp3) is 0.533. The normalized spacial score (nSPS) is 15.0. The van der Waals surface area contributed by atoms with Gasteiger partial charge in [0.2, 0.25) is 15.9 Å². The van der Waals surface area contributed by atoms with Gasteiger partial charge in [0.15, 0.2) is 0 Å². The van der Waals surface area contributed by atoms with Crippen LogP contribution < -0.4 is 9.62 Å². The van der Waals surface area contributed by atoms with Crippen molar-refractivity contribution in [3.63, 3.8) is 0 Å². The third-order valence-corrected chi connectivity index (χ3v) is 4.51. The molecule has 1 saturated carbocycles. The highest BCUT2D eigenvalue weighted by molar-refractivity contribution is 7.92. The Morgan fingerprint density at radius 2 is 2.05 bits per heavy atom. The number of halogens is 1. The maximum Gasteiger partial charge on any atom is 0.232 e. The molecule has 0 aromatic heterocycles. The van der Waals surface area contributed by atoms with Gasteiger partial charge in [0.1, 0.15) is 5.82 Å². The number of rotatable bonds is 6. The molecule has 1 aliphatic carbocycles. The number of anilines is 2. The molecule has 7 heteroatoms. The van der Waals surface area contributed by atoms with Crippen molar-refractivity contribution < 1.29 is 17.6 Å². The van der Waals surface area contributed by atoms with Crippen molar-refractivity contribution in [3.8, 4) is 0 Å². The number of hydrogen-bond donors (Lipinski definition) is 1. The van der Waals surface area contributed by atoms with E-state index < -0.39 is 15.8 Å². The predicted octanol–water partition coefficient (Wildman–Crippen LogP) is 2.74. The Labute approximate surface area is 130 Å². The summed E-state index contributed by atoms with van der Waals surface area (Å²) >= 11 is 0. The molecule has 0 saturated heterocycles. The summed E-state index contributed by atoms with van der Waals surface area (Å²) in [5.74, 6) is -0.620. The lowest BCUT2D eigenvalue weighted by Crippen LogP contribution is -2.33. The van der Waals surface area contributed by atoms with Crippen LogP contribution in [-0.4, -0.2) is 26.6 Å². The highest BCUT2D eigenvalue weighted by Gasteiger charge is 2.36. The summed E-state index contributed by atoms with van der Waals surface area (Å²) in [5, 5.41) is 2.63. The zero-order chi connectivity index (χ0) is 16.5. The van der Waals surface area contributed by atoms with E-state index in [1.165, 1.54) is 16.4 Å². The zero-order valence-electron chi connectivity index (χ0n) is 13.0. The molecule has 5 nitrogen and oxygen atoms in total. The van der Waals surface area contributed by atoms with Gasteiger partial charge in [-0.25, -0.2) is 12.8 Å². The van der Waals surface area contributed by atoms with Gasteiger partial charge in [0.25, 0.3) is 0 Å². The van der Waals surface area contributed by atoms with E-state index in [4.69, 9.17) is 0 Å². The first-order valence-electron chi connectivity index (χ1n) is 7.27. The minimum absolute atomic E-state index is 0.110. The summed E-state index contributed by atoms with van der Waals surface area (Å²) < 4.78 is 38.9. The highest BCUT2D eigenvalue weighted by atomic mass is 32.2. The summed E-state index contributed by atoms with van der Waals surface area (Å²) in [7, 11) is -3.49. The molecule has 0 radical (unpaired) electrons. The van der Waals surface area contributed by atoms with E-state index in [-0.39, 0.29) is 30.0 Å². The van der Waals surface area contributed by atoms with Gasteiger partial charge < -0.3 is 5.32 Å². The largest absolute Gasteiger partial charge is 0.324 e. The first kappa shape index (κ1) is 16.7. The standard InChI is InChI=1S/C15H21FN2O3S/c1-10(2)8-15(19)17-13-9-11(16)4-7-14(13)18(12-5-6-12)22(3,20)21/h4,7,9-10,12H,5-6,8H2,1-3H3,(H,17,19). The second-order valence-corrected chi connectivity index (χ2v) is 7.96. The fourth-order valence-corrected chi connectivity index (χ4v) is 3.60. The van der Waals surface area contributed by atoms with Gasteiger partial charge in [-0.1, -0.05) is 13.8 Å². The SMILES string of the molecule is CC(C)CC(=O)Nc1cc(F)ccc1N(C1CC1)S(C)(=O)=O. The average molecular weight is 328 g/mol. The maximum atomic E-state index is 13.5. The highest BCUT2D eigenvalue weighted by Crippen LogP contribution is 2.38. The molecule has 1 N–H and O–H groups in total. The van der Waals surface area contributed by atoms with Gasteiger partial charge in [0.05, 0.1) is 17.6 Å². The molecule has 0 aliphatic heterocycles. The monoisotopic (exact) mass is 328 g/mol. The topological polar surface area (TPSA) is 66.5 Å². The number of amides is 1. The maximum absolute atomic E-state index is 13.5. The molecule has 1 fully saturated rings. The molecule has 1 amide bonds. The summed E-state index contributed by atoms with van der Waals surface area (Å²) in [6, 6.07) is 3.66. The van der Waals surface area contributed by atoms with E-state index in [0.29, 0.717) is 5.69 Å². The van der Waals surface area contributed by atoms with Crippen LogP contribution in [0.2, 0.25) is 0 Å². The summed E-state index contributed by atoms with van der Waals surface area (Å²) in [6.45, 7) is 3.80. The first-order valence-corrected chi connectivity index (χ1v) is 9.12. The van der Waals surface area contributed by atoms with Gasteiger partial charge in [-0.2, -0.15) is 0 Å². The summed E-state index contributed by atoms with van der Waals surface area (Å²) in [5.41, 5.74) is 0.520. The Morgan fingerprint density at radius 1 is 1.41 bits per heavy atom. The number of carbonyl (C=O) groups is 1. The molecule has 22 heavy (non-hydrogen) atoms. The number of hydrogen-bond acceptors (Lipinski definition) is 3. The second kappa shape index (κ2) is 6.24. The Kier molecular flexibility index (Phi) is 4.75. The molecule has 1 aromatic carbocycles. The summed E-state index contributed by atoms with van der Waals surface area (Å²) in [4.78, 5) is 11.9. The van der Waals surface area contributed by atoms with Gasteiger partial charge in [-0.05, 0) is 37.0 Å². The number of nitrogens with zero attached hydrogens (tertiary/aromatic N) is 1. The third kappa shape index (κ3) is 4.19. The lowest BCUT2D eigenvalue weighted by molar-refractivity contribution is -0.116. The van der Waals surface area contributed by atoms with E-state index in [1.807, 2.05) is 13.8 Å². The molecular weight excluding hydrogens is 307 g/mol. The molecule has 1 aliphatic rings. The molecule has 0 heterocycles. The van der Waals surface area contributed by atoms with Crippen LogP contribution >= 0.6 is 0 Å². The average Bonchev–Trinajstić information content (AvgIpc) is 3.13. The molecule has 122 valence electrons. The lowest BCUT2D eigenvalue weighted by Gasteiger charge is -2.25. The van der Waals surface area contributed by atoms with Gasteiger partial charge in [0, 0.05) is 12.5 Å². The van der Waals surface area contributed by atoms with E-state index in [0.717, 1.165) is 25.2 Å². The Balaban J connectivity index is 2.36. The Hall–Kier alpha value is -1.63. The Morgan fingerprint density at radius 3 is 2.55 bits per heavy atom. The van der Waals surface area contributed by atoms with Gasteiger partial charge in [-0.15, -0.1) is 0 Å². The van der Waals surface area contributed by atoms with E-state index in [9.17, 15) is 17.6 Å². The quantitative estimate of drug-likeness (QED) is 0.873. The number of carbonyl (C=O) groups excluding carboxylic acids is 1. The van der Waals surface area contributed by atoms with E-state index in [1.54, 1.807) is 0 Å². The number of benzene rings is 1. The van der Waals surface area contributed by atoms with Crippen molar-refractivity contribution in [1.29, 1.82) is 0 Å². The first-order chi connectivity index (χ1) is 10.2. The zero-order valence-corrected chi connectivity index (χ0v) is 13.8. The minimum atomic E-state index is -3.49. The minimum Gasteiger partial charge on any atom is -0.324 e. The van der Waals surface area contributed by atoms with Crippen molar-refractivity contribution in [2.45, 2.75) is 39.2 Å². The van der Waals surface area contributed by atoms with E-state index in [2.05, 4.69) is 5.32 Å². The molecule has 0 bridgehead atoms. The van der Waals surface area contributed by atoms with Gasteiger partial charge >= 0.3 is 0 Å². The smallest absolute Gasteiger partial charge is 0.232 e. The van der Waals surface area contributed by atoms with Crippen LogP contribution in [0.4, 0.5) is 15.8 Å². The van der Waals surface area contributed by atoms with Gasteiger partial charge in [-0.3, -0.25) is 9.10 Å². The third-order valence-electron chi connectivity index (χ3n) is 3.30. The van der Waals surface area contributed by atoms with Crippen molar-refractivity contribution in [3.05, 3.63) is 24.0 Å². The number of sulfonamides is 1. The predicted molar refractivity (Wildman–Crippen MR) is 84.8 cm³/mol. The van der Waals surface area contributed by atoms with Crippen LogP contribution in [-0.2, 0) is 14.8 Å². The van der Waals surface area contributed by atoms with Crippen molar-refractivity contribution >= 4 is 27.3 Å². The van der Waals surface area contributed by atoms with E-state index >= 15 is 0 Å². The fourth-order valence-electron chi connectivity index (χ4n) is 2.33. The van der Waals surface area contributed by atoms with Crippen molar-refractivity contribution in [2.75, 3.05) is 15.9 Å². The van der Waals surface area contributed by atoms with Crippen LogP contribution in [0.1, 0.15) is 33.1 Å². The molecular formula is C15H21FN2O3S. The van der Waals surface area contributed by atoms with Crippen LogP contribution in [0.15, 0.2) is 18.2 Å². The lowest BCUT2D eigenvalue weighted by atomic mass is 10.1. The van der Waals surface area contributed by atoms with Crippen molar-refractivity contribution in [2.24, 2.45) is 5.92 Å².